The maximum atomic E-state index is 12.1. The van der Waals surface area contributed by atoms with Crippen LogP contribution in [0.25, 0.3) is 0 Å². The van der Waals surface area contributed by atoms with Gasteiger partial charge in [-0.15, -0.1) is 0 Å². The molecule has 21 heavy (non-hydrogen) atoms. The first-order valence-corrected chi connectivity index (χ1v) is 7.00. The summed E-state index contributed by atoms with van der Waals surface area (Å²) >= 11 is 0. The molecule has 1 aromatic rings. The second kappa shape index (κ2) is 8.12. The first-order valence-electron chi connectivity index (χ1n) is 7.00. The maximum Gasteiger partial charge on any atom is 0.392 e. The van der Waals surface area contributed by atoms with Gasteiger partial charge < -0.3 is 14.8 Å². The van der Waals surface area contributed by atoms with E-state index in [4.69, 9.17) is 9.47 Å². The monoisotopic (exact) mass is 305 g/mol. The van der Waals surface area contributed by atoms with Crippen LogP contribution in [0.3, 0.4) is 0 Å². The number of rotatable bonds is 8. The number of benzene rings is 1. The smallest absolute Gasteiger partial charge is 0.392 e. The minimum Gasteiger partial charge on any atom is -0.490 e. The summed E-state index contributed by atoms with van der Waals surface area (Å²) in [6.07, 6.45) is -5.19. The van der Waals surface area contributed by atoms with Gasteiger partial charge in [0, 0.05) is 12.6 Å². The summed E-state index contributed by atoms with van der Waals surface area (Å²) in [5, 5.41) is 3.27. The minimum atomic E-state index is -4.22. The van der Waals surface area contributed by atoms with Crippen LogP contribution in [0.15, 0.2) is 18.2 Å². The number of nitrogens with one attached hydrogen (secondary N) is 1. The Morgan fingerprint density at radius 1 is 1.14 bits per heavy atom. The number of halogens is 3. The van der Waals surface area contributed by atoms with E-state index in [1.807, 2.05) is 26.8 Å². The molecule has 0 bridgehead atoms. The molecule has 0 fully saturated rings. The Labute approximate surface area is 123 Å². The molecular formula is C15H22F3NO2. The van der Waals surface area contributed by atoms with Crippen molar-refractivity contribution in [2.24, 2.45) is 0 Å². The van der Waals surface area contributed by atoms with Crippen molar-refractivity contribution in [3.8, 4) is 11.5 Å². The summed E-state index contributed by atoms with van der Waals surface area (Å²) in [6.45, 7) is 6.58. The molecule has 0 heterocycles. The van der Waals surface area contributed by atoms with E-state index in [-0.39, 0.29) is 0 Å². The molecule has 0 aliphatic heterocycles. The molecule has 0 aliphatic carbocycles. The molecule has 0 saturated carbocycles. The van der Waals surface area contributed by atoms with Gasteiger partial charge in [-0.2, -0.15) is 13.2 Å². The van der Waals surface area contributed by atoms with Crippen molar-refractivity contribution in [3.05, 3.63) is 23.8 Å². The highest BCUT2D eigenvalue weighted by Gasteiger charge is 2.27. The van der Waals surface area contributed by atoms with E-state index in [1.54, 1.807) is 12.1 Å². The van der Waals surface area contributed by atoms with E-state index in [2.05, 4.69) is 5.32 Å². The van der Waals surface area contributed by atoms with Crippen LogP contribution in [0, 0.1) is 0 Å². The molecule has 1 N–H and O–H groups in total. The molecule has 3 nitrogen and oxygen atoms in total. The zero-order chi connectivity index (χ0) is 15.9. The molecule has 0 saturated heterocycles. The lowest BCUT2D eigenvalue weighted by Crippen LogP contribution is -2.21. The number of alkyl halides is 3. The molecule has 1 rings (SSSR count). The van der Waals surface area contributed by atoms with Gasteiger partial charge in [-0.05, 0) is 24.6 Å². The average molecular weight is 305 g/mol. The van der Waals surface area contributed by atoms with Crippen LogP contribution >= 0.6 is 0 Å². The lowest BCUT2D eigenvalue weighted by Gasteiger charge is -2.15. The van der Waals surface area contributed by atoms with Crippen molar-refractivity contribution < 1.29 is 22.6 Å². The van der Waals surface area contributed by atoms with Crippen molar-refractivity contribution in [2.75, 3.05) is 13.2 Å². The number of hydrogen-bond donors (Lipinski definition) is 1. The fourth-order valence-corrected chi connectivity index (χ4v) is 1.65. The molecule has 0 aliphatic rings. The van der Waals surface area contributed by atoms with Crippen LogP contribution in [-0.4, -0.2) is 25.4 Å². The van der Waals surface area contributed by atoms with Gasteiger partial charge in [-0.25, -0.2) is 0 Å². The van der Waals surface area contributed by atoms with Crippen molar-refractivity contribution in [2.45, 2.75) is 46.0 Å². The Bertz CT molecular complexity index is 433. The normalized spacial score (nSPS) is 11.8. The predicted molar refractivity (Wildman–Crippen MR) is 75.8 cm³/mol. The molecule has 1 aromatic carbocycles. The highest BCUT2D eigenvalue weighted by Crippen LogP contribution is 2.29. The van der Waals surface area contributed by atoms with Crippen molar-refractivity contribution in [1.82, 2.24) is 5.32 Å². The zero-order valence-electron chi connectivity index (χ0n) is 12.6. The molecule has 0 spiro atoms. The van der Waals surface area contributed by atoms with Gasteiger partial charge >= 0.3 is 6.18 Å². The largest absolute Gasteiger partial charge is 0.490 e. The molecular weight excluding hydrogens is 283 g/mol. The quantitative estimate of drug-likeness (QED) is 0.790. The first-order chi connectivity index (χ1) is 9.81. The van der Waals surface area contributed by atoms with E-state index in [0.29, 0.717) is 30.7 Å². The molecule has 0 radical (unpaired) electrons. The standard InChI is InChI=1S/C15H22F3NO2/c1-4-20-14-9-12(10-19-11(2)3)5-6-13(14)21-8-7-15(16,17)18/h5-6,9,11,19H,4,7-8,10H2,1-3H3. The Morgan fingerprint density at radius 3 is 2.43 bits per heavy atom. The summed E-state index contributed by atoms with van der Waals surface area (Å²) in [6, 6.07) is 5.62. The fraction of sp³-hybridized carbons (Fsp3) is 0.600. The van der Waals surface area contributed by atoms with Crippen LogP contribution in [0.1, 0.15) is 32.8 Å². The third-order valence-electron chi connectivity index (χ3n) is 2.67. The zero-order valence-corrected chi connectivity index (χ0v) is 12.6. The van der Waals surface area contributed by atoms with Crippen LogP contribution in [0.5, 0.6) is 11.5 Å². The SMILES string of the molecule is CCOc1cc(CNC(C)C)ccc1OCCC(F)(F)F. The molecule has 0 aromatic heterocycles. The second-order valence-corrected chi connectivity index (χ2v) is 4.96. The Morgan fingerprint density at radius 2 is 1.86 bits per heavy atom. The van der Waals surface area contributed by atoms with Gasteiger partial charge in [0.2, 0.25) is 0 Å². The number of ether oxygens (including phenoxy) is 2. The number of hydrogen-bond acceptors (Lipinski definition) is 3. The fourth-order valence-electron chi connectivity index (χ4n) is 1.65. The topological polar surface area (TPSA) is 30.5 Å². The summed E-state index contributed by atoms with van der Waals surface area (Å²) in [5.74, 6) is 0.817. The van der Waals surface area contributed by atoms with Crippen molar-refractivity contribution in [3.63, 3.8) is 0 Å². The van der Waals surface area contributed by atoms with Crippen LogP contribution in [-0.2, 0) is 6.54 Å². The first kappa shape index (κ1) is 17.6. The highest BCUT2D eigenvalue weighted by molar-refractivity contribution is 5.43. The van der Waals surface area contributed by atoms with Gasteiger partial charge in [0.1, 0.15) is 0 Å². The summed E-state index contributed by atoms with van der Waals surface area (Å²) in [5.41, 5.74) is 0.996. The average Bonchev–Trinajstić information content (AvgIpc) is 2.37. The molecule has 120 valence electrons. The van der Waals surface area contributed by atoms with Gasteiger partial charge in [-0.3, -0.25) is 0 Å². The minimum absolute atomic E-state index is 0.342. The molecule has 0 unspecified atom stereocenters. The van der Waals surface area contributed by atoms with E-state index >= 15 is 0 Å². The van der Waals surface area contributed by atoms with E-state index < -0.39 is 19.2 Å². The van der Waals surface area contributed by atoms with E-state index in [9.17, 15) is 13.2 Å². The Kier molecular flexibility index (Phi) is 6.81. The van der Waals surface area contributed by atoms with E-state index in [1.165, 1.54) is 0 Å². The molecule has 0 amide bonds. The second-order valence-electron chi connectivity index (χ2n) is 4.96. The summed E-state index contributed by atoms with van der Waals surface area (Å²) < 4.78 is 47.0. The molecule has 6 heteroatoms. The third kappa shape index (κ3) is 7.22. The summed E-state index contributed by atoms with van der Waals surface area (Å²) in [7, 11) is 0. The van der Waals surface area contributed by atoms with Gasteiger partial charge in [0.15, 0.2) is 11.5 Å². The Hall–Kier alpha value is -1.43. The van der Waals surface area contributed by atoms with Gasteiger partial charge in [0.25, 0.3) is 0 Å². The molecule has 0 atom stereocenters. The maximum absolute atomic E-state index is 12.1. The van der Waals surface area contributed by atoms with Crippen LogP contribution < -0.4 is 14.8 Å². The van der Waals surface area contributed by atoms with Crippen LogP contribution in [0.2, 0.25) is 0 Å². The Balaban J connectivity index is 2.69. The van der Waals surface area contributed by atoms with E-state index in [0.717, 1.165) is 5.56 Å². The highest BCUT2D eigenvalue weighted by atomic mass is 19.4. The van der Waals surface area contributed by atoms with Crippen molar-refractivity contribution in [1.29, 1.82) is 0 Å². The van der Waals surface area contributed by atoms with Crippen LogP contribution in [0.4, 0.5) is 13.2 Å². The lowest BCUT2D eigenvalue weighted by atomic mass is 10.2. The third-order valence-corrected chi connectivity index (χ3v) is 2.67. The van der Waals surface area contributed by atoms with Crippen molar-refractivity contribution >= 4 is 0 Å². The predicted octanol–water partition coefficient (Wildman–Crippen LogP) is 3.91. The summed E-state index contributed by atoms with van der Waals surface area (Å²) in [4.78, 5) is 0. The van der Waals surface area contributed by atoms with Gasteiger partial charge in [-0.1, -0.05) is 19.9 Å². The van der Waals surface area contributed by atoms with Gasteiger partial charge in [0.05, 0.1) is 19.6 Å². The lowest BCUT2D eigenvalue weighted by molar-refractivity contribution is -0.139.